The Balaban J connectivity index is 1.26. The molecule has 0 radical (unpaired) electrons. The van der Waals surface area contributed by atoms with Gasteiger partial charge in [-0.05, 0) is 86.6 Å². The van der Waals surface area contributed by atoms with Crippen LogP contribution in [-0.2, 0) is 0 Å². The van der Waals surface area contributed by atoms with Gasteiger partial charge in [0.05, 0.1) is 11.0 Å². The molecule has 2 aromatic heterocycles. The molecule has 0 N–H and O–H groups in total. The fourth-order valence-electron chi connectivity index (χ4n) is 7.34. The lowest BCUT2D eigenvalue weighted by Crippen LogP contribution is -1.95. The van der Waals surface area contributed by atoms with Crippen molar-refractivity contribution < 1.29 is 4.42 Å². The molecule has 1 aliphatic carbocycles. The number of hydrogen-bond acceptors (Lipinski definition) is 1. The van der Waals surface area contributed by atoms with E-state index in [4.69, 9.17) is 4.42 Å². The van der Waals surface area contributed by atoms with Crippen LogP contribution in [0.2, 0.25) is 0 Å². The number of nitrogens with zero attached hydrogens (tertiary/aromatic N) is 1. The summed E-state index contributed by atoms with van der Waals surface area (Å²) in [5.74, 6) is 0. The van der Waals surface area contributed by atoms with Gasteiger partial charge >= 0.3 is 0 Å². The van der Waals surface area contributed by atoms with Gasteiger partial charge < -0.3 is 8.98 Å². The highest BCUT2D eigenvalue weighted by Gasteiger charge is 2.24. The number of benzene rings is 7. The van der Waals surface area contributed by atoms with Gasteiger partial charge in [-0.15, -0.1) is 0 Å². The van der Waals surface area contributed by atoms with E-state index in [1.54, 1.807) is 0 Å². The minimum absolute atomic E-state index is 0.917. The second kappa shape index (κ2) is 7.99. The van der Waals surface area contributed by atoms with Crippen molar-refractivity contribution in [2.24, 2.45) is 0 Å². The monoisotopic (exact) mass is 533 g/mol. The zero-order valence-corrected chi connectivity index (χ0v) is 22.6. The van der Waals surface area contributed by atoms with Crippen LogP contribution >= 0.6 is 0 Å². The van der Waals surface area contributed by atoms with Crippen LogP contribution in [0, 0.1) is 0 Å². The molecule has 2 nitrogen and oxygen atoms in total. The number of rotatable bonds is 2. The third kappa shape index (κ3) is 2.83. The Morgan fingerprint density at radius 3 is 2.00 bits per heavy atom. The van der Waals surface area contributed by atoms with Crippen molar-refractivity contribution in [2.45, 2.75) is 0 Å². The van der Waals surface area contributed by atoms with E-state index in [1.165, 1.54) is 60.4 Å². The second-order valence-corrected chi connectivity index (χ2v) is 11.3. The quantitative estimate of drug-likeness (QED) is 0.216. The molecule has 0 atom stereocenters. The third-order valence-electron chi connectivity index (χ3n) is 9.12. The van der Waals surface area contributed by atoms with Crippen LogP contribution in [0.4, 0.5) is 0 Å². The Kier molecular flexibility index (Phi) is 4.21. The Morgan fingerprint density at radius 1 is 0.405 bits per heavy atom. The molecule has 0 unspecified atom stereocenters. The minimum Gasteiger partial charge on any atom is -0.456 e. The lowest BCUT2D eigenvalue weighted by atomic mass is 9.93. The molecule has 194 valence electrons. The Bertz CT molecular complexity index is 2580. The second-order valence-electron chi connectivity index (χ2n) is 11.3. The first-order valence-electron chi connectivity index (χ1n) is 14.4. The van der Waals surface area contributed by atoms with Gasteiger partial charge in [0.1, 0.15) is 11.2 Å². The van der Waals surface area contributed by atoms with E-state index >= 15 is 0 Å². The molecule has 0 aliphatic heterocycles. The normalized spacial score (nSPS) is 12.3. The lowest BCUT2D eigenvalue weighted by Gasteiger charge is -2.14. The van der Waals surface area contributed by atoms with Gasteiger partial charge in [-0.25, -0.2) is 0 Å². The highest BCUT2D eigenvalue weighted by Crippen LogP contribution is 2.49. The summed E-state index contributed by atoms with van der Waals surface area (Å²) in [6, 6.07) is 50.6. The lowest BCUT2D eigenvalue weighted by molar-refractivity contribution is 0.669. The molecule has 2 heterocycles. The van der Waals surface area contributed by atoms with Crippen molar-refractivity contribution in [3.63, 3.8) is 0 Å². The first kappa shape index (κ1) is 22.1. The van der Waals surface area contributed by atoms with Gasteiger partial charge in [-0.3, -0.25) is 0 Å². The molecule has 9 aromatic rings. The van der Waals surface area contributed by atoms with Crippen molar-refractivity contribution in [1.29, 1.82) is 0 Å². The van der Waals surface area contributed by atoms with Crippen molar-refractivity contribution in [1.82, 2.24) is 4.57 Å². The van der Waals surface area contributed by atoms with E-state index < -0.39 is 0 Å². The van der Waals surface area contributed by atoms with Gasteiger partial charge in [0.2, 0.25) is 0 Å². The summed E-state index contributed by atoms with van der Waals surface area (Å²) in [6.07, 6.45) is 0. The van der Waals surface area contributed by atoms with Crippen LogP contribution in [0.1, 0.15) is 0 Å². The van der Waals surface area contributed by atoms with Crippen LogP contribution in [0.15, 0.2) is 144 Å². The third-order valence-corrected chi connectivity index (χ3v) is 9.12. The summed E-state index contributed by atoms with van der Waals surface area (Å²) >= 11 is 0. The molecule has 0 spiro atoms. The number of aromatic nitrogens is 1. The highest BCUT2D eigenvalue weighted by atomic mass is 16.3. The molecule has 10 rings (SSSR count). The van der Waals surface area contributed by atoms with Crippen LogP contribution in [0.3, 0.4) is 0 Å². The van der Waals surface area contributed by atoms with E-state index in [0.717, 1.165) is 33.2 Å². The van der Waals surface area contributed by atoms with Crippen LogP contribution < -0.4 is 0 Å². The van der Waals surface area contributed by atoms with E-state index in [0.29, 0.717) is 0 Å². The Hall–Kier alpha value is -5.60. The molecule has 0 saturated carbocycles. The molecular weight excluding hydrogens is 510 g/mol. The smallest absolute Gasteiger partial charge is 0.136 e. The topological polar surface area (TPSA) is 18.1 Å². The van der Waals surface area contributed by atoms with E-state index in [-0.39, 0.29) is 0 Å². The first-order valence-corrected chi connectivity index (χ1v) is 14.4. The summed E-state index contributed by atoms with van der Waals surface area (Å²) in [5, 5.41) is 7.58. The zero-order valence-electron chi connectivity index (χ0n) is 22.6. The molecule has 42 heavy (non-hydrogen) atoms. The predicted octanol–water partition coefficient (Wildman–Crippen LogP) is 11.2. The summed E-state index contributed by atoms with van der Waals surface area (Å²) in [5.41, 5.74) is 13.0. The van der Waals surface area contributed by atoms with Gasteiger partial charge in [-0.2, -0.15) is 0 Å². The maximum absolute atomic E-state index is 6.23. The largest absolute Gasteiger partial charge is 0.456 e. The van der Waals surface area contributed by atoms with Gasteiger partial charge in [-0.1, -0.05) is 97.1 Å². The molecule has 1 aliphatic rings. The van der Waals surface area contributed by atoms with Gasteiger partial charge in [0.25, 0.3) is 0 Å². The maximum atomic E-state index is 6.23. The molecule has 0 bridgehead atoms. The molecule has 0 saturated heterocycles. The van der Waals surface area contributed by atoms with Crippen molar-refractivity contribution in [3.05, 3.63) is 140 Å². The zero-order chi connectivity index (χ0) is 27.4. The van der Waals surface area contributed by atoms with E-state index in [2.05, 4.69) is 132 Å². The highest BCUT2D eigenvalue weighted by molar-refractivity contribution is 6.30. The Morgan fingerprint density at radius 2 is 1.10 bits per heavy atom. The summed E-state index contributed by atoms with van der Waals surface area (Å²) in [6.45, 7) is 0. The van der Waals surface area contributed by atoms with Crippen molar-refractivity contribution in [2.75, 3.05) is 0 Å². The summed E-state index contributed by atoms with van der Waals surface area (Å²) in [7, 11) is 0. The van der Waals surface area contributed by atoms with Crippen LogP contribution in [-0.4, -0.2) is 4.57 Å². The fourth-order valence-corrected chi connectivity index (χ4v) is 7.34. The van der Waals surface area contributed by atoms with Crippen molar-refractivity contribution >= 4 is 54.5 Å². The summed E-state index contributed by atoms with van der Waals surface area (Å²) < 4.78 is 8.67. The Labute approximate surface area is 241 Å². The van der Waals surface area contributed by atoms with Gasteiger partial charge in [0.15, 0.2) is 0 Å². The number of hydrogen-bond donors (Lipinski definition) is 0. The molecular formula is C40H23NO. The number of furan rings is 1. The average molecular weight is 534 g/mol. The number of para-hydroxylation sites is 1. The SMILES string of the molecule is c1cc(-c2ccc3c(c2)oc2ccccc23)cc(-n2c3cccc4c3c3c5c(cccc5ccc32)-c2ccccc2-4)c1. The molecule has 0 fully saturated rings. The molecule has 7 aromatic carbocycles. The van der Waals surface area contributed by atoms with E-state index in [1.807, 2.05) is 12.1 Å². The van der Waals surface area contributed by atoms with Crippen LogP contribution in [0.25, 0.3) is 93.6 Å². The fraction of sp³-hybridized carbons (Fsp3) is 0. The molecule has 0 amide bonds. The van der Waals surface area contributed by atoms with Crippen molar-refractivity contribution in [3.8, 4) is 39.1 Å². The van der Waals surface area contributed by atoms with Crippen LogP contribution in [0.5, 0.6) is 0 Å². The van der Waals surface area contributed by atoms with E-state index in [9.17, 15) is 0 Å². The first-order chi connectivity index (χ1) is 20.8. The summed E-state index contributed by atoms with van der Waals surface area (Å²) in [4.78, 5) is 0. The molecule has 2 heteroatoms. The maximum Gasteiger partial charge on any atom is 0.136 e. The average Bonchev–Trinajstić information content (AvgIpc) is 3.56. The minimum atomic E-state index is 0.917. The van der Waals surface area contributed by atoms with Gasteiger partial charge in [0, 0.05) is 27.2 Å². The number of fused-ring (bicyclic) bond motifs is 6. The standard InChI is InChI=1S/C40H23NO/c1-2-12-29-28(11-1)32-14-6-8-24-19-21-35-40(38(24)32)39-33(29)15-7-16-34(39)41(35)27-10-5-9-25(22-27)26-18-20-31-30-13-3-4-17-36(30)42-37(31)23-26/h1-23H. The predicted molar refractivity (Wildman–Crippen MR) is 175 cm³/mol.